The third-order valence-corrected chi connectivity index (χ3v) is 5.14. The normalized spacial score (nSPS) is 10.3. The maximum absolute atomic E-state index is 12.0. The van der Waals surface area contributed by atoms with Gasteiger partial charge in [-0.15, -0.1) is 11.3 Å². The second kappa shape index (κ2) is 5.81. The lowest BCUT2D eigenvalue weighted by molar-refractivity contribution is 0.102. The second-order valence-corrected chi connectivity index (χ2v) is 7.70. The highest BCUT2D eigenvalue weighted by Gasteiger charge is 2.12. The van der Waals surface area contributed by atoms with Gasteiger partial charge in [-0.3, -0.25) is 4.79 Å². The molecule has 1 aromatic carbocycles. The van der Waals surface area contributed by atoms with Gasteiger partial charge in [0.15, 0.2) is 0 Å². The largest absolute Gasteiger partial charge is 0.320 e. The fourth-order valence-corrected chi connectivity index (χ4v) is 3.76. The average Bonchev–Trinajstić information content (AvgIpc) is 2.70. The van der Waals surface area contributed by atoms with Crippen LogP contribution >= 0.6 is 65.8 Å². The minimum absolute atomic E-state index is 0.100. The van der Waals surface area contributed by atoms with Gasteiger partial charge >= 0.3 is 0 Å². The Morgan fingerprint density at radius 3 is 2.47 bits per heavy atom. The van der Waals surface area contributed by atoms with Crippen molar-refractivity contribution in [1.29, 1.82) is 0 Å². The molecule has 6 heteroatoms. The number of rotatable bonds is 2. The molecule has 0 aliphatic heterocycles. The summed E-state index contributed by atoms with van der Waals surface area (Å²) in [5.41, 5.74) is 1.43. The fourth-order valence-electron chi connectivity index (χ4n) is 1.23. The highest BCUT2D eigenvalue weighted by Crippen LogP contribution is 2.31. The summed E-state index contributed by atoms with van der Waals surface area (Å²) in [6.45, 7) is 0. The van der Waals surface area contributed by atoms with Crippen LogP contribution in [0.5, 0.6) is 0 Å². The Labute approximate surface area is 133 Å². The van der Waals surface area contributed by atoms with Crippen molar-refractivity contribution in [3.8, 4) is 0 Å². The first-order valence-electron chi connectivity index (χ1n) is 4.57. The molecule has 0 saturated carbocycles. The molecule has 0 aliphatic carbocycles. The van der Waals surface area contributed by atoms with Crippen LogP contribution in [0.15, 0.2) is 38.6 Å². The van der Waals surface area contributed by atoms with Crippen LogP contribution in [0, 0.1) is 2.88 Å². The van der Waals surface area contributed by atoms with Crippen molar-refractivity contribution >= 4 is 77.4 Å². The van der Waals surface area contributed by atoms with Crippen molar-refractivity contribution in [1.82, 2.24) is 0 Å². The Kier molecular flexibility index (Phi) is 4.62. The van der Waals surface area contributed by atoms with Crippen LogP contribution < -0.4 is 5.32 Å². The van der Waals surface area contributed by atoms with Crippen molar-refractivity contribution in [2.24, 2.45) is 0 Å². The third kappa shape index (κ3) is 3.30. The lowest BCUT2D eigenvalue weighted by Crippen LogP contribution is -2.11. The molecule has 2 aromatic rings. The zero-order valence-electron chi connectivity index (χ0n) is 8.34. The first-order valence-corrected chi connectivity index (χ1v) is 8.12. The minimum atomic E-state index is -0.100. The number of para-hydroxylation sites is 1. The third-order valence-electron chi connectivity index (χ3n) is 2.03. The maximum atomic E-state index is 12.0. The summed E-state index contributed by atoms with van der Waals surface area (Å²) >= 11 is 10.6. The number of thiophene rings is 1. The van der Waals surface area contributed by atoms with Crippen LogP contribution in [-0.2, 0) is 0 Å². The summed E-state index contributed by atoms with van der Waals surface area (Å²) in [5, 5.41) is 4.73. The first-order chi connectivity index (χ1) is 8.08. The van der Waals surface area contributed by atoms with Gasteiger partial charge in [0.05, 0.1) is 14.1 Å². The van der Waals surface area contributed by atoms with E-state index in [4.69, 9.17) is 0 Å². The van der Waals surface area contributed by atoms with Crippen molar-refractivity contribution in [3.63, 3.8) is 0 Å². The zero-order chi connectivity index (χ0) is 12.4. The molecule has 0 atom stereocenters. The zero-order valence-corrected chi connectivity index (χ0v) is 14.5. The molecule has 0 bridgehead atoms. The highest BCUT2D eigenvalue weighted by molar-refractivity contribution is 14.1. The molecule has 1 N–H and O–H groups in total. The van der Waals surface area contributed by atoms with Gasteiger partial charge in [0.1, 0.15) is 0 Å². The number of carbonyl (C=O) groups is 1. The molecule has 2 rings (SSSR count). The number of nitrogens with one attached hydrogen (secondary N) is 1. The van der Waals surface area contributed by atoms with E-state index in [-0.39, 0.29) is 5.91 Å². The number of benzene rings is 1. The first kappa shape index (κ1) is 13.5. The molecular formula is C11H6Br2INOS. The topological polar surface area (TPSA) is 29.1 Å². The molecular weight excluding hydrogens is 481 g/mol. The Morgan fingerprint density at radius 1 is 1.29 bits per heavy atom. The average molecular weight is 487 g/mol. The van der Waals surface area contributed by atoms with Crippen LogP contribution in [0.25, 0.3) is 0 Å². The number of halogens is 3. The molecule has 0 radical (unpaired) electrons. The Hall–Kier alpha value is 0.0800. The van der Waals surface area contributed by atoms with E-state index >= 15 is 0 Å². The molecule has 1 aromatic heterocycles. The summed E-state index contributed by atoms with van der Waals surface area (Å²) in [4.78, 5) is 12.0. The Balaban J connectivity index is 2.24. The van der Waals surface area contributed by atoms with Crippen molar-refractivity contribution in [2.45, 2.75) is 0 Å². The predicted octanol–water partition coefficient (Wildman–Crippen LogP) is 5.13. The maximum Gasteiger partial charge on any atom is 0.256 e. The van der Waals surface area contributed by atoms with E-state index in [9.17, 15) is 4.79 Å². The molecule has 1 heterocycles. The number of carbonyl (C=O) groups excluding carboxylic acids is 1. The summed E-state index contributed by atoms with van der Waals surface area (Å²) in [5.74, 6) is -0.100. The van der Waals surface area contributed by atoms with E-state index in [1.807, 2.05) is 29.6 Å². The Bertz CT molecular complexity index is 550. The molecule has 0 spiro atoms. The van der Waals surface area contributed by atoms with Gasteiger partial charge in [-0.1, -0.05) is 6.07 Å². The minimum Gasteiger partial charge on any atom is -0.320 e. The number of amides is 1. The number of hydrogen-bond donors (Lipinski definition) is 1. The lowest BCUT2D eigenvalue weighted by Gasteiger charge is -2.08. The summed E-state index contributed by atoms with van der Waals surface area (Å²) < 4.78 is 2.80. The molecule has 1 amide bonds. The van der Waals surface area contributed by atoms with Crippen molar-refractivity contribution in [2.75, 3.05) is 5.32 Å². The molecule has 2 nitrogen and oxygen atoms in total. The van der Waals surface area contributed by atoms with Gasteiger partial charge in [0.25, 0.3) is 5.91 Å². The molecule has 0 aliphatic rings. The molecule has 0 saturated heterocycles. The molecule has 0 fully saturated rings. The van der Waals surface area contributed by atoms with Gasteiger partial charge in [-0.2, -0.15) is 0 Å². The predicted molar refractivity (Wildman–Crippen MR) is 86.8 cm³/mol. The Morgan fingerprint density at radius 2 is 1.94 bits per heavy atom. The number of anilines is 1. The molecule has 88 valence electrons. The quantitative estimate of drug-likeness (QED) is 0.586. The van der Waals surface area contributed by atoms with Gasteiger partial charge in [-0.05, 0) is 72.6 Å². The van der Waals surface area contributed by atoms with Gasteiger partial charge in [0, 0.05) is 14.3 Å². The van der Waals surface area contributed by atoms with E-state index < -0.39 is 0 Å². The van der Waals surface area contributed by atoms with Crippen LogP contribution in [0.4, 0.5) is 5.69 Å². The fraction of sp³-hybridized carbons (Fsp3) is 0. The van der Waals surface area contributed by atoms with Crippen LogP contribution in [0.1, 0.15) is 10.4 Å². The van der Waals surface area contributed by atoms with E-state index in [1.165, 1.54) is 0 Å². The van der Waals surface area contributed by atoms with E-state index in [2.05, 4.69) is 59.8 Å². The summed E-state index contributed by atoms with van der Waals surface area (Å²) in [6.07, 6.45) is 0. The van der Waals surface area contributed by atoms with Gasteiger partial charge < -0.3 is 5.32 Å². The molecule has 17 heavy (non-hydrogen) atoms. The molecule has 0 unspecified atom stereocenters. The summed E-state index contributed by atoms with van der Waals surface area (Å²) in [6, 6.07) is 7.54. The van der Waals surface area contributed by atoms with Crippen molar-refractivity contribution in [3.05, 3.63) is 47.0 Å². The van der Waals surface area contributed by atoms with E-state index in [1.54, 1.807) is 11.3 Å². The van der Waals surface area contributed by atoms with Crippen molar-refractivity contribution < 1.29 is 4.79 Å². The smallest absolute Gasteiger partial charge is 0.256 e. The van der Waals surface area contributed by atoms with Gasteiger partial charge in [-0.25, -0.2) is 0 Å². The highest BCUT2D eigenvalue weighted by atomic mass is 127. The van der Waals surface area contributed by atoms with Crippen LogP contribution in [0.2, 0.25) is 0 Å². The van der Waals surface area contributed by atoms with E-state index in [0.29, 0.717) is 5.56 Å². The number of hydrogen-bond acceptors (Lipinski definition) is 2. The van der Waals surface area contributed by atoms with Crippen LogP contribution in [0.3, 0.4) is 0 Å². The van der Waals surface area contributed by atoms with E-state index in [0.717, 1.165) is 17.5 Å². The summed E-state index contributed by atoms with van der Waals surface area (Å²) in [7, 11) is 0. The van der Waals surface area contributed by atoms with Crippen LogP contribution in [-0.4, -0.2) is 5.91 Å². The SMILES string of the molecule is O=C(Nc1c(Br)cccc1Br)c1csc(I)c1. The van der Waals surface area contributed by atoms with Gasteiger partial charge in [0.2, 0.25) is 0 Å². The lowest BCUT2D eigenvalue weighted by atomic mass is 10.3. The second-order valence-electron chi connectivity index (χ2n) is 3.19. The monoisotopic (exact) mass is 485 g/mol. The standard InChI is InChI=1S/C11H6Br2INOS/c12-7-2-1-3-8(13)10(7)15-11(16)6-4-9(14)17-5-6/h1-5H,(H,15,16).